The van der Waals surface area contributed by atoms with Crippen molar-refractivity contribution in [3.8, 4) is 0 Å². The number of nitrogens with zero attached hydrogens (tertiary/aromatic N) is 3. The van der Waals surface area contributed by atoms with Crippen molar-refractivity contribution in [1.82, 2.24) is 15.1 Å². The number of aromatic nitrogens is 2. The van der Waals surface area contributed by atoms with Gasteiger partial charge in [0.2, 0.25) is 9.84 Å². The van der Waals surface area contributed by atoms with E-state index in [1.807, 2.05) is 0 Å². The van der Waals surface area contributed by atoms with Crippen molar-refractivity contribution in [2.45, 2.75) is 30.2 Å². The standard InChI is InChI=1S/C14H18N4O4S/c1-10-14(11(2)17(16-10)9-8-15-3)23(21,22)13-6-4-12(5-7-13)18(19)20/h4-7,15H,8-9H2,1-3H3. The molecular weight excluding hydrogens is 320 g/mol. The van der Waals surface area contributed by atoms with E-state index in [9.17, 15) is 18.5 Å². The van der Waals surface area contributed by atoms with Crippen LogP contribution in [0.3, 0.4) is 0 Å². The van der Waals surface area contributed by atoms with E-state index in [1.54, 1.807) is 25.6 Å². The molecule has 1 aromatic heterocycles. The third kappa shape index (κ3) is 3.25. The molecule has 124 valence electrons. The minimum Gasteiger partial charge on any atom is -0.318 e. The van der Waals surface area contributed by atoms with Crippen LogP contribution in [0.25, 0.3) is 0 Å². The molecule has 0 unspecified atom stereocenters. The van der Waals surface area contributed by atoms with Gasteiger partial charge < -0.3 is 5.32 Å². The van der Waals surface area contributed by atoms with Crippen LogP contribution in [0.2, 0.25) is 0 Å². The van der Waals surface area contributed by atoms with Crippen LogP contribution < -0.4 is 5.32 Å². The molecule has 2 rings (SSSR count). The summed E-state index contributed by atoms with van der Waals surface area (Å²) in [6.07, 6.45) is 0. The van der Waals surface area contributed by atoms with Gasteiger partial charge in [0.15, 0.2) is 0 Å². The fourth-order valence-electron chi connectivity index (χ4n) is 2.37. The van der Waals surface area contributed by atoms with Crippen molar-refractivity contribution in [2.24, 2.45) is 0 Å². The topological polar surface area (TPSA) is 107 Å². The number of nitro groups is 1. The van der Waals surface area contributed by atoms with E-state index in [0.29, 0.717) is 24.5 Å². The van der Waals surface area contributed by atoms with Gasteiger partial charge in [-0.1, -0.05) is 0 Å². The zero-order valence-electron chi connectivity index (χ0n) is 13.1. The third-order valence-electron chi connectivity index (χ3n) is 3.52. The Bertz CT molecular complexity index is 825. The van der Waals surface area contributed by atoms with E-state index >= 15 is 0 Å². The molecule has 0 saturated carbocycles. The van der Waals surface area contributed by atoms with Crippen molar-refractivity contribution in [2.75, 3.05) is 13.6 Å². The van der Waals surface area contributed by atoms with E-state index in [-0.39, 0.29) is 15.5 Å². The number of non-ortho nitro benzene ring substituents is 1. The first-order valence-electron chi connectivity index (χ1n) is 6.97. The van der Waals surface area contributed by atoms with E-state index in [0.717, 1.165) is 0 Å². The molecular formula is C14H18N4O4S. The number of aryl methyl sites for hydroxylation is 1. The Hall–Kier alpha value is -2.26. The largest absolute Gasteiger partial charge is 0.318 e. The molecule has 8 nitrogen and oxygen atoms in total. The summed E-state index contributed by atoms with van der Waals surface area (Å²) in [5.74, 6) is 0. The van der Waals surface area contributed by atoms with Crippen molar-refractivity contribution >= 4 is 15.5 Å². The summed E-state index contributed by atoms with van der Waals surface area (Å²) in [6, 6.07) is 4.86. The molecule has 0 aliphatic heterocycles. The number of hydrogen-bond donors (Lipinski definition) is 1. The second-order valence-electron chi connectivity index (χ2n) is 5.08. The summed E-state index contributed by atoms with van der Waals surface area (Å²) in [4.78, 5) is 10.3. The molecule has 9 heteroatoms. The molecule has 1 N–H and O–H groups in total. The van der Waals surface area contributed by atoms with Gasteiger partial charge in [-0.05, 0) is 33.0 Å². The molecule has 1 aromatic carbocycles. The minimum absolute atomic E-state index is 0.0162. The van der Waals surface area contributed by atoms with E-state index < -0.39 is 14.8 Å². The number of benzene rings is 1. The summed E-state index contributed by atoms with van der Waals surface area (Å²) in [5.41, 5.74) is 0.815. The van der Waals surface area contributed by atoms with Crippen LogP contribution in [0.5, 0.6) is 0 Å². The number of likely N-dealkylation sites (N-methyl/N-ethyl adjacent to an activating group) is 1. The Kier molecular flexibility index (Phi) is 4.81. The van der Waals surface area contributed by atoms with E-state index in [4.69, 9.17) is 0 Å². The Morgan fingerprint density at radius 2 is 1.87 bits per heavy atom. The average molecular weight is 338 g/mol. The van der Waals surface area contributed by atoms with Gasteiger partial charge in [-0.25, -0.2) is 8.42 Å². The molecule has 0 fully saturated rings. The second kappa shape index (κ2) is 6.47. The lowest BCUT2D eigenvalue weighted by atomic mass is 10.3. The normalized spacial score (nSPS) is 11.6. The van der Waals surface area contributed by atoms with Crippen LogP contribution in [0.1, 0.15) is 11.4 Å². The van der Waals surface area contributed by atoms with Crippen LogP contribution in [0.15, 0.2) is 34.1 Å². The van der Waals surface area contributed by atoms with Gasteiger partial charge in [0, 0.05) is 18.7 Å². The Labute approximate surface area is 134 Å². The molecule has 0 radical (unpaired) electrons. The average Bonchev–Trinajstić information content (AvgIpc) is 2.79. The highest BCUT2D eigenvalue weighted by Gasteiger charge is 2.26. The summed E-state index contributed by atoms with van der Waals surface area (Å²) in [7, 11) is -1.97. The third-order valence-corrected chi connectivity index (χ3v) is 5.54. The summed E-state index contributed by atoms with van der Waals surface area (Å²) in [5, 5.41) is 17.9. The zero-order valence-corrected chi connectivity index (χ0v) is 13.9. The Balaban J connectivity index is 2.47. The van der Waals surface area contributed by atoms with Gasteiger partial charge in [-0.3, -0.25) is 14.8 Å². The predicted molar refractivity (Wildman–Crippen MR) is 84.2 cm³/mol. The molecule has 0 atom stereocenters. The number of rotatable bonds is 6. The maximum absolute atomic E-state index is 12.8. The second-order valence-corrected chi connectivity index (χ2v) is 6.97. The number of nitrogens with one attached hydrogen (secondary N) is 1. The van der Waals surface area contributed by atoms with Gasteiger partial charge >= 0.3 is 0 Å². The summed E-state index contributed by atoms with van der Waals surface area (Å²) >= 11 is 0. The first-order chi connectivity index (χ1) is 10.8. The maximum Gasteiger partial charge on any atom is 0.269 e. The highest BCUT2D eigenvalue weighted by atomic mass is 32.2. The van der Waals surface area contributed by atoms with Crippen molar-refractivity contribution < 1.29 is 13.3 Å². The quantitative estimate of drug-likeness (QED) is 0.631. The van der Waals surface area contributed by atoms with Crippen LogP contribution in [-0.2, 0) is 16.4 Å². The van der Waals surface area contributed by atoms with Gasteiger partial charge in [-0.2, -0.15) is 5.10 Å². The first kappa shape index (κ1) is 17.1. The van der Waals surface area contributed by atoms with E-state index in [2.05, 4.69) is 10.4 Å². The monoisotopic (exact) mass is 338 g/mol. The smallest absolute Gasteiger partial charge is 0.269 e. The lowest BCUT2D eigenvalue weighted by Gasteiger charge is -2.06. The van der Waals surface area contributed by atoms with Gasteiger partial charge in [-0.15, -0.1) is 0 Å². The number of hydrogen-bond acceptors (Lipinski definition) is 6. The van der Waals surface area contributed by atoms with Crippen LogP contribution in [-0.4, -0.2) is 36.7 Å². The molecule has 0 spiro atoms. The van der Waals surface area contributed by atoms with Crippen molar-refractivity contribution in [3.63, 3.8) is 0 Å². The molecule has 0 aliphatic carbocycles. The molecule has 0 aliphatic rings. The maximum atomic E-state index is 12.8. The first-order valence-corrected chi connectivity index (χ1v) is 8.45. The SMILES string of the molecule is CNCCn1nc(C)c(S(=O)(=O)c2ccc([N+](=O)[O-])cc2)c1C. The van der Waals surface area contributed by atoms with Gasteiger partial charge in [0.05, 0.1) is 27.8 Å². The lowest BCUT2D eigenvalue weighted by Crippen LogP contribution is -2.17. The minimum atomic E-state index is -3.77. The molecule has 0 saturated heterocycles. The summed E-state index contributed by atoms with van der Waals surface area (Å²) < 4.78 is 27.3. The van der Waals surface area contributed by atoms with Crippen LogP contribution >= 0.6 is 0 Å². The van der Waals surface area contributed by atoms with Crippen molar-refractivity contribution in [1.29, 1.82) is 0 Å². The van der Waals surface area contributed by atoms with Gasteiger partial charge in [0.1, 0.15) is 4.90 Å². The molecule has 1 heterocycles. The lowest BCUT2D eigenvalue weighted by molar-refractivity contribution is -0.384. The fourth-order valence-corrected chi connectivity index (χ4v) is 4.02. The zero-order chi connectivity index (χ0) is 17.2. The van der Waals surface area contributed by atoms with Crippen LogP contribution in [0, 0.1) is 24.0 Å². The highest BCUT2D eigenvalue weighted by molar-refractivity contribution is 7.91. The molecule has 0 amide bonds. The Morgan fingerprint density at radius 3 is 2.39 bits per heavy atom. The molecule has 23 heavy (non-hydrogen) atoms. The van der Waals surface area contributed by atoms with Gasteiger partial charge in [0.25, 0.3) is 5.69 Å². The fraction of sp³-hybridized carbons (Fsp3) is 0.357. The number of nitro benzene ring substituents is 1. The van der Waals surface area contributed by atoms with Crippen molar-refractivity contribution in [3.05, 3.63) is 45.8 Å². The molecule has 2 aromatic rings. The van der Waals surface area contributed by atoms with Crippen LogP contribution in [0.4, 0.5) is 5.69 Å². The number of sulfone groups is 1. The highest BCUT2D eigenvalue weighted by Crippen LogP contribution is 2.27. The Morgan fingerprint density at radius 1 is 1.26 bits per heavy atom. The molecule has 0 bridgehead atoms. The summed E-state index contributed by atoms with van der Waals surface area (Å²) in [6.45, 7) is 4.56. The predicted octanol–water partition coefficient (Wildman–Crippen LogP) is 1.46. The van der Waals surface area contributed by atoms with E-state index in [1.165, 1.54) is 24.3 Å².